The van der Waals surface area contributed by atoms with Crippen LogP contribution in [0.1, 0.15) is 25.3 Å². The molecule has 0 atom stereocenters. The highest BCUT2D eigenvalue weighted by atomic mass is 16.7. The Morgan fingerprint density at radius 3 is 2.69 bits per heavy atom. The number of pyridine rings is 1. The Bertz CT molecular complexity index is 1300. The molecule has 1 amide bonds. The van der Waals surface area contributed by atoms with Crippen LogP contribution in [0.15, 0.2) is 46.1 Å². The van der Waals surface area contributed by atoms with E-state index in [1.54, 1.807) is 35.2 Å². The number of amides is 1. The van der Waals surface area contributed by atoms with Gasteiger partial charge in [0.05, 0.1) is 12.1 Å². The Kier molecular flexibility index (Phi) is 5.16. The molecule has 0 aliphatic carbocycles. The van der Waals surface area contributed by atoms with E-state index in [0.717, 1.165) is 17.4 Å². The smallest absolute Gasteiger partial charge is 0.332 e. The summed E-state index contributed by atoms with van der Waals surface area (Å²) < 4.78 is 13.2. The van der Waals surface area contributed by atoms with Crippen molar-refractivity contribution in [3.8, 4) is 11.5 Å². The predicted molar refractivity (Wildman–Crippen MR) is 117 cm³/mol. The van der Waals surface area contributed by atoms with Gasteiger partial charge in [-0.1, -0.05) is 13.0 Å². The second-order valence-electron chi connectivity index (χ2n) is 8.38. The average molecular weight is 436 g/mol. The van der Waals surface area contributed by atoms with Gasteiger partial charge in [0.2, 0.25) is 12.7 Å². The van der Waals surface area contributed by atoms with Crippen molar-refractivity contribution in [1.82, 2.24) is 19.0 Å². The van der Waals surface area contributed by atoms with Crippen molar-refractivity contribution < 1.29 is 14.3 Å². The molecule has 1 saturated heterocycles. The Labute approximate surface area is 183 Å². The van der Waals surface area contributed by atoms with Crippen molar-refractivity contribution in [3.05, 3.63) is 62.9 Å². The molecule has 166 valence electrons. The molecule has 2 aliphatic heterocycles. The minimum atomic E-state index is -0.535. The molecule has 0 unspecified atom stereocenters. The number of ether oxygens (including phenoxy) is 2. The van der Waals surface area contributed by atoms with E-state index in [1.807, 2.05) is 0 Å². The van der Waals surface area contributed by atoms with Crippen LogP contribution in [-0.2, 0) is 17.9 Å². The van der Waals surface area contributed by atoms with Gasteiger partial charge in [0.15, 0.2) is 17.0 Å². The highest BCUT2D eigenvalue weighted by Gasteiger charge is 2.23. The van der Waals surface area contributed by atoms with Crippen LogP contribution in [0, 0.1) is 5.92 Å². The molecule has 32 heavy (non-hydrogen) atoms. The molecular weight excluding hydrogens is 412 g/mol. The van der Waals surface area contributed by atoms with E-state index < -0.39 is 11.2 Å². The van der Waals surface area contributed by atoms with Gasteiger partial charge in [-0.25, -0.2) is 9.78 Å². The van der Waals surface area contributed by atoms with Gasteiger partial charge >= 0.3 is 5.69 Å². The number of carbonyl (C=O) groups is 1. The summed E-state index contributed by atoms with van der Waals surface area (Å²) >= 11 is 0. The molecule has 0 saturated carbocycles. The lowest BCUT2D eigenvalue weighted by Crippen LogP contribution is -2.45. The summed E-state index contributed by atoms with van der Waals surface area (Å²) in [4.78, 5) is 45.5. The first-order chi connectivity index (χ1) is 15.5. The largest absolute Gasteiger partial charge is 0.454 e. The number of piperidine rings is 1. The molecule has 0 bridgehead atoms. The van der Waals surface area contributed by atoms with E-state index in [2.05, 4.69) is 11.9 Å². The van der Waals surface area contributed by atoms with Gasteiger partial charge in [0.25, 0.3) is 5.56 Å². The standard InChI is InChI=1S/C23H24N4O5/c1-15-6-9-25(10-7-15)20(28)13-26-17-3-2-8-24-21(17)22(29)27(23(26)30)12-16-4-5-18-19(11-16)32-14-31-18/h2-5,8,11,15H,6-7,9-10,12-14H2,1H3. The van der Waals surface area contributed by atoms with Crippen LogP contribution in [0.3, 0.4) is 0 Å². The maximum absolute atomic E-state index is 13.4. The molecule has 1 fully saturated rings. The number of rotatable bonds is 4. The van der Waals surface area contributed by atoms with Crippen LogP contribution in [0.25, 0.3) is 11.0 Å². The number of nitrogens with zero attached hydrogens (tertiary/aromatic N) is 4. The molecule has 3 aromatic rings. The van der Waals surface area contributed by atoms with Gasteiger partial charge in [-0.3, -0.25) is 18.7 Å². The van der Waals surface area contributed by atoms with Gasteiger partial charge in [-0.15, -0.1) is 0 Å². The molecule has 0 N–H and O–H groups in total. The summed E-state index contributed by atoms with van der Waals surface area (Å²) in [6, 6.07) is 8.60. The summed E-state index contributed by atoms with van der Waals surface area (Å²) in [7, 11) is 0. The lowest BCUT2D eigenvalue weighted by atomic mass is 9.99. The van der Waals surface area contributed by atoms with Crippen molar-refractivity contribution in [2.45, 2.75) is 32.9 Å². The van der Waals surface area contributed by atoms with Gasteiger partial charge in [0.1, 0.15) is 6.54 Å². The fraction of sp³-hybridized carbons (Fsp3) is 0.391. The second-order valence-corrected chi connectivity index (χ2v) is 8.38. The van der Waals surface area contributed by atoms with Crippen molar-refractivity contribution >= 4 is 16.9 Å². The molecule has 0 radical (unpaired) electrons. The summed E-state index contributed by atoms with van der Waals surface area (Å²) in [5.41, 5.74) is 0.216. The lowest BCUT2D eigenvalue weighted by Gasteiger charge is -2.30. The molecule has 1 aromatic carbocycles. The summed E-state index contributed by atoms with van der Waals surface area (Å²) in [5, 5.41) is 0. The first-order valence-corrected chi connectivity index (χ1v) is 10.8. The van der Waals surface area contributed by atoms with Crippen LogP contribution in [0.4, 0.5) is 0 Å². The third-order valence-corrected chi connectivity index (χ3v) is 6.19. The van der Waals surface area contributed by atoms with Crippen molar-refractivity contribution in [2.75, 3.05) is 19.9 Å². The lowest BCUT2D eigenvalue weighted by molar-refractivity contribution is -0.133. The Morgan fingerprint density at radius 1 is 1.09 bits per heavy atom. The highest BCUT2D eigenvalue weighted by molar-refractivity contribution is 5.79. The topological polar surface area (TPSA) is 95.7 Å². The van der Waals surface area contributed by atoms with Crippen molar-refractivity contribution in [2.24, 2.45) is 5.92 Å². The van der Waals surface area contributed by atoms with Crippen LogP contribution < -0.4 is 20.7 Å². The van der Waals surface area contributed by atoms with Gasteiger partial charge in [-0.2, -0.15) is 0 Å². The molecule has 4 heterocycles. The van der Waals surface area contributed by atoms with Gasteiger partial charge in [-0.05, 0) is 48.6 Å². The zero-order valence-corrected chi connectivity index (χ0v) is 17.8. The molecule has 0 spiro atoms. The van der Waals surface area contributed by atoms with Crippen LogP contribution in [-0.4, -0.2) is 44.8 Å². The number of likely N-dealkylation sites (tertiary alicyclic amines) is 1. The number of aromatic nitrogens is 3. The first-order valence-electron chi connectivity index (χ1n) is 10.8. The number of hydrogen-bond donors (Lipinski definition) is 0. The molecule has 2 aromatic heterocycles. The minimum absolute atomic E-state index is 0.0379. The number of hydrogen-bond acceptors (Lipinski definition) is 6. The van der Waals surface area contributed by atoms with E-state index in [-0.39, 0.29) is 31.3 Å². The third-order valence-electron chi connectivity index (χ3n) is 6.19. The van der Waals surface area contributed by atoms with E-state index in [1.165, 1.54) is 10.8 Å². The molecule has 5 rings (SSSR count). The molecule has 9 heteroatoms. The van der Waals surface area contributed by atoms with E-state index in [9.17, 15) is 14.4 Å². The maximum atomic E-state index is 13.4. The SMILES string of the molecule is CC1CCN(C(=O)Cn2c(=O)n(Cc3ccc4c(c3)OCO4)c(=O)c3ncccc32)CC1. The zero-order chi connectivity index (χ0) is 22.2. The Hall–Kier alpha value is -3.62. The van der Waals surface area contributed by atoms with Crippen molar-refractivity contribution in [1.29, 1.82) is 0 Å². The maximum Gasteiger partial charge on any atom is 0.332 e. The highest BCUT2D eigenvalue weighted by Crippen LogP contribution is 2.32. The number of benzene rings is 1. The predicted octanol–water partition coefficient (Wildman–Crippen LogP) is 1.59. The van der Waals surface area contributed by atoms with Crippen LogP contribution >= 0.6 is 0 Å². The Morgan fingerprint density at radius 2 is 1.88 bits per heavy atom. The number of carbonyl (C=O) groups excluding carboxylic acids is 1. The van der Waals surface area contributed by atoms with Crippen molar-refractivity contribution in [3.63, 3.8) is 0 Å². The summed E-state index contributed by atoms with van der Waals surface area (Å²) in [6.45, 7) is 3.59. The quantitative estimate of drug-likeness (QED) is 0.617. The van der Waals surface area contributed by atoms with Crippen LogP contribution in [0.5, 0.6) is 11.5 Å². The van der Waals surface area contributed by atoms with E-state index >= 15 is 0 Å². The molecule has 2 aliphatic rings. The molecular formula is C23H24N4O5. The van der Waals surface area contributed by atoms with Gasteiger partial charge < -0.3 is 14.4 Å². The first kappa shape index (κ1) is 20.3. The Balaban J connectivity index is 1.53. The fourth-order valence-electron chi connectivity index (χ4n) is 4.25. The normalized spacial score (nSPS) is 16.0. The third kappa shape index (κ3) is 3.63. The van der Waals surface area contributed by atoms with Crippen LogP contribution in [0.2, 0.25) is 0 Å². The average Bonchev–Trinajstić information content (AvgIpc) is 3.28. The number of fused-ring (bicyclic) bond motifs is 2. The summed E-state index contributed by atoms with van der Waals surface area (Å²) in [6.07, 6.45) is 3.41. The second kappa shape index (κ2) is 8.14. The van der Waals surface area contributed by atoms with E-state index in [4.69, 9.17) is 9.47 Å². The van der Waals surface area contributed by atoms with Gasteiger partial charge in [0, 0.05) is 19.3 Å². The summed E-state index contributed by atoms with van der Waals surface area (Å²) in [5.74, 6) is 1.66. The zero-order valence-electron chi connectivity index (χ0n) is 17.8. The molecule has 9 nitrogen and oxygen atoms in total. The minimum Gasteiger partial charge on any atom is -0.454 e. The fourth-order valence-corrected chi connectivity index (χ4v) is 4.25. The van der Waals surface area contributed by atoms with E-state index in [0.29, 0.717) is 41.6 Å². The monoisotopic (exact) mass is 436 g/mol.